The van der Waals surface area contributed by atoms with Crippen LogP contribution in [0.25, 0.3) is 0 Å². The minimum Gasteiger partial charge on any atom is -0.399 e. The zero-order valence-electron chi connectivity index (χ0n) is 10.2. The Morgan fingerprint density at radius 2 is 2.12 bits per heavy atom. The Labute approximate surface area is 102 Å². The molecule has 1 heterocycles. The smallest absolute Gasteiger partial charge is 0.224 e. The maximum atomic E-state index is 11.5. The number of hydrogen-bond donors (Lipinski definition) is 2. The second-order valence-corrected chi connectivity index (χ2v) is 4.37. The standard InChI is InChI=1S/C13H19N3O/c1-2-13(17)15-11-9-10(14)5-6-12(11)16-7-3-4-8-16/h5-6,9H,2-4,7-8,14H2,1H3,(H,15,17). The normalized spacial score (nSPS) is 15.0. The van der Waals surface area contributed by atoms with Crippen LogP contribution in [0.5, 0.6) is 0 Å². The summed E-state index contributed by atoms with van der Waals surface area (Å²) in [7, 11) is 0. The third-order valence-corrected chi connectivity index (χ3v) is 3.06. The van der Waals surface area contributed by atoms with Crippen molar-refractivity contribution in [2.24, 2.45) is 0 Å². The van der Waals surface area contributed by atoms with E-state index in [-0.39, 0.29) is 5.91 Å². The molecule has 1 aromatic rings. The van der Waals surface area contributed by atoms with Gasteiger partial charge in [-0.2, -0.15) is 0 Å². The maximum absolute atomic E-state index is 11.5. The molecule has 2 rings (SSSR count). The first kappa shape index (κ1) is 11.8. The molecule has 0 aromatic heterocycles. The molecule has 4 heteroatoms. The third-order valence-electron chi connectivity index (χ3n) is 3.06. The number of amides is 1. The minimum atomic E-state index is 0.0241. The molecule has 0 radical (unpaired) electrons. The molecule has 0 spiro atoms. The Balaban J connectivity index is 2.26. The van der Waals surface area contributed by atoms with Crippen molar-refractivity contribution in [3.05, 3.63) is 18.2 Å². The molecule has 1 aliphatic rings. The Morgan fingerprint density at radius 1 is 1.41 bits per heavy atom. The van der Waals surface area contributed by atoms with Gasteiger partial charge in [-0.25, -0.2) is 0 Å². The largest absolute Gasteiger partial charge is 0.399 e. The molecular formula is C13H19N3O. The number of carbonyl (C=O) groups excluding carboxylic acids is 1. The van der Waals surface area contributed by atoms with E-state index in [0.29, 0.717) is 12.1 Å². The highest BCUT2D eigenvalue weighted by Gasteiger charge is 2.16. The van der Waals surface area contributed by atoms with Gasteiger partial charge in [0.25, 0.3) is 0 Å². The summed E-state index contributed by atoms with van der Waals surface area (Å²) in [6.45, 7) is 3.95. The first-order chi connectivity index (χ1) is 8.20. The molecule has 17 heavy (non-hydrogen) atoms. The van der Waals surface area contributed by atoms with E-state index in [9.17, 15) is 4.79 Å². The summed E-state index contributed by atoms with van der Waals surface area (Å²) >= 11 is 0. The first-order valence-corrected chi connectivity index (χ1v) is 6.15. The van der Waals surface area contributed by atoms with E-state index in [1.165, 1.54) is 12.8 Å². The van der Waals surface area contributed by atoms with Crippen LogP contribution < -0.4 is 16.0 Å². The Morgan fingerprint density at radius 3 is 2.76 bits per heavy atom. The van der Waals surface area contributed by atoms with E-state index in [4.69, 9.17) is 5.73 Å². The highest BCUT2D eigenvalue weighted by molar-refractivity contribution is 5.95. The minimum absolute atomic E-state index is 0.0241. The number of nitrogens with zero attached hydrogens (tertiary/aromatic N) is 1. The van der Waals surface area contributed by atoms with Gasteiger partial charge in [-0.3, -0.25) is 4.79 Å². The van der Waals surface area contributed by atoms with Crippen molar-refractivity contribution in [1.82, 2.24) is 0 Å². The quantitative estimate of drug-likeness (QED) is 0.787. The van der Waals surface area contributed by atoms with Gasteiger partial charge in [0, 0.05) is 25.2 Å². The summed E-state index contributed by atoms with van der Waals surface area (Å²) in [5, 5.41) is 2.92. The Bertz CT molecular complexity index is 411. The van der Waals surface area contributed by atoms with E-state index in [2.05, 4.69) is 10.2 Å². The van der Waals surface area contributed by atoms with E-state index in [1.807, 2.05) is 25.1 Å². The van der Waals surface area contributed by atoms with Crippen LogP contribution in [0.1, 0.15) is 26.2 Å². The first-order valence-electron chi connectivity index (χ1n) is 6.15. The molecule has 4 nitrogen and oxygen atoms in total. The van der Waals surface area contributed by atoms with Crippen LogP contribution >= 0.6 is 0 Å². The van der Waals surface area contributed by atoms with E-state index < -0.39 is 0 Å². The highest BCUT2D eigenvalue weighted by atomic mass is 16.1. The van der Waals surface area contributed by atoms with Crippen molar-refractivity contribution in [2.75, 3.05) is 29.0 Å². The third kappa shape index (κ3) is 2.70. The average molecular weight is 233 g/mol. The lowest BCUT2D eigenvalue weighted by molar-refractivity contribution is -0.115. The number of rotatable bonds is 3. The molecule has 1 aromatic carbocycles. The Hall–Kier alpha value is -1.71. The summed E-state index contributed by atoms with van der Waals surface area (Å²) in [6, 6.07) is 5.71. The van der Waals surface area contributed by atoms with Gasteiger partial charge in [0.1, 0.15) is 0 Å². The second kappa shape index (κ2) is 5.08. The fraction of sp³-hybridized carbons (Fsp3) is 0.462. The zero-order chi connectivity index (χ0) is 12.3. The molecule has 1 amide bonds. The van der Waals surface area contributed by atoms with Crippen LogP contribution in [0.15, 0.2) is 18.2 Å². The van der Waals surface area contributed by atoms with Crippen LogP contribution in [0, 0.1) is 0 Å². The molecular weight excluding hydrogens is 214 g/mol. The van der Waals surface area contributed by atoms with Crippen molar-refractivity contribution >= 4 is 23.0 Å². The van der Waals surface area contributed by atoms with Crippen molar-refractivity contribution in [2.45, 2.75) is 26.2 Å². The predicted octanol–water partition coefficient (Wildman–Crippen LogP) is 2.22. The molecule has 1 fully saturated rings. The maximum Gasteiger partial charge on any atom is 0.224 e. The molecule has 1 saturated heterocycles. The van der Waals surface area contributed by atoms with E-state index >= 15 is 0 Å². The second-order valence-electron chi connectivity index (χ2n) is 4.37. The van der Waals surface area contributed by atoms with Crippen LogP contribution in [-0.4, -0.2) is 19.0 Å². The number of nitrogens with two attached hydrogens (primary N) is 1. The lowest BCUT2D eigenvalue weighted by Crippen LogP contribution is -2.21. The fourth-order valence-corrected chi connectivity index (χ4v) is 2.13. The van der Waals surface area contributed by atoms with Crippen molar-refractivity contribution in [1.29, 1.82) is 0 Å². The summed E-state index contributed by atoms with van der Waals surface area (Å²) in [4.78, 5) is 13.8. The van der Waals surface area contributed by atoms with E-state index in [1.54, 1.807) is 0 Å². The molecule has 0 atom stereocenters. The highest BCUT2D eigenvalue weighted by Crippen LogP contribution is 2.30. The summed E-state index contributed by atoms with van der Waals surface area (Å²) in [6.07, 6.45) is 2.91. The molecule has 0 saturated carbocycles. The van der Waals surface area contributed by atoms with E-state index in [0.717, 1.165) is 24.5 Å². The van der Waals surface area contributed by atoms with Gasteiger partial charge >= 0.3 is 0 Å². The number of nitrogens with one attached hydrogen (secondary N) is 1. The predicted molar refractivity (Wildman–Crippen MR) is 71.2 cm³/mol. The lowest BCUT2D eigenvalue weighted by atomic mass is 10.2. The number of benzene rings is 1. The van der Waals surface area contributed by atoms with Gasteiger partial charge in [0.05, 0.1) is 11.4 Å². The topological polar surface area (TPSA) is 58.4 Å². The van der Waals surface area contributed by atoms with Crippen molar-refractivity contribution < 1.29 is 4.79 Å². The van der Waals surface area contributed by atoms with Gasteiger partial charge in [-0.15, -0.1) is 0 Å². The van der Waals surface area contributed by atoms with Crippen LogP contribution in [0.4, 0.5) is 17.1 Å². The molecule has 0 unspecified atom stereocenters. The molecule has 0 bridgehead atoms. The molecule has 0 aliphatic carbocycles. The average Bonchev–Trinajstić information content (AvgIpc) is 2.82. The van der Waals surface area contributed by atoms with Crippen LogP contribution in [0.2, 0.25) is 0 Å². The molecule has 3 N–H and O–H groups in total. The van der Waals surface area contributed by atoms with Crippen molar-refractivity contribution in [3.8, 4) is 0 Å². The van der Waals surface area contributed by atoms with Crippen molar-refractivity contribution in [3.63, 3.8) is 0 Å². The van der Waals surface area contributed by atoms with Gasteiger partial charge in [0.15, 0.2) is 0 Å². The SMILES string of the molecule is CCC(=O)Nc1cc(N)ccc1N1CCCC1. The summed E-state index contributed by atoms with van der Waals surface area (Å²) in [5.74, 6) is 0.0241. The molecule has 92 valence electrons. The number of nitrogen functional groups attached to an aromatic ring is 1. The fourth-order valence-electron chi connectivity index (χ4n) is 2.13. The van der Waals surface area contributed by atoms with Crippen LogP contribution in [0.3, 0.4) is 0 Å². The van der Waals surface area contributed by atoms with Gasteiger partial charge in [-0.1, -0.05) is 6.92 Å². The van der Waals surface area contributed by atoms with Gasteiger partial charge < -0.3 is 16.0 Å². The monoisotopic (exact) mass is 233 g/mol. The summed E-state index contributed by atoms with van der Waals surface area (Å²) in [5.41, 5.74) is 8.37. The number of anilines is 3. The van der Waals surface area contributed by atoms with Crippen LogP contribution in [-0.2, 0) is 4.79 Å². The number of carbonyl (C=O) groups is 1. The zero-order valence-corrected chi connectivity index (χ0v) is 10.2. The lowest BCUT2D eigenvalue weighted by Gasteiger charge is -2.21. The molecule has 1 aliphatic heterocycles. The van der Waals surface area contributed by atoms with Gasteiger partial charge in [-0.05, 0) is 31.0 Å². The van der Waals surface area contributed by atoms with Gasteiger partial charge in [0.2, 0.25) is 5.91 Å². The number of hydrogen-bond acceptors (Lipinski definition) is 3. The Kier molecular flexibility index (Phi) is 3.52. The summed E-state index contributed by atoms with van der Waals surface area (Å²) < 4.78 is 0.